The lowest BCUT2D eigenvalue weighted by molar-refractivity contribution is 0.684. The zero-order valence-electron chi connectivity index (χ0n) is 15.5. The number of para-hydroxylation sites is 1. The molecule has 0 aliphatic heterocycles. The maximum atomic E-state index is 11.8. The van der Waals surface area contributed by atoms with Crippen LogP contribution < -0.4 is 11.1 Å². The van der Waals surface area contributed by atoms with Gasteiger partial charge in [0, 0.05) is 34.6 Å². The van der Waals surface area contributed by atoms with Crippen molar-refractivity contribution in [2.24, 2.45) is 4.36 Å². The lowest BCUT2D eigenvalue weighted by Crippen LogP contribution is -2.03. The molecule has 2 heterocycles. The fraction of sp³-hybridized carbons (Fsp3) is 0.100. The van der Waals surface area contributed by atoms with Crippen molar-refractivity contribution in [2.75, 3.05) is 23.6 Å². The standard InChI is InChI=1S/C20H20N6OS/c1-28(2,27)25-15-7-8-17(16(21)13-15)23-20-22-11-9-19(24-20)26-12-10-14-5-3-4-6-18(14)26/h3-13H,21H2,1-2H3,(H,22,23,24). The highest BCUT2D eigenvalue weighted by atomic mass is 32.2. The number of aromatic nitrogens is 3. The van der Waals surface area contributed by atoms with Crippen LogP contribution in [-0.2, 0) is 9.73 Å². The van der Waals surface area contributed by atoms with Crippen LogP contribution in [0, 0.1) is 0 Å². The molecule has 3 N–H and O–H groups in total. The molecule has 0 unspecified atom stereocenters. The number of nitrogens with zero attached hydrogens (tertiary/aromatic N) is 4. The summed E-state index contributed by atoms with van der Waals surface area (Å²) in [4.78, 5) is 8.89. The first-order valence-corrected chi connectivity index (χ1v) is 11.0. The van der Waals surface area contributed by atoms with E-state index in [1.807, 2.05) is 41.1 Å². The van der Waals surface area contributed by atoms with Gasteiger partial charge in [-0.25, -0.2) is 9.19 Å². The molecular weight excluding hydrogens is 372 g/mol. The van der Waals surface area contributed by atoms with Crippen molar-refractivity contribution in [1.29, 1.82) is 0 Å². The van der Waals surface area contributed by atoms with E-state index >= 15 is 0 Å². The maximum absolute atomic E-state index is 11.8. The molecule has 2 aromatic carbocycles. The molecule has 7 nitrogen and oxygen atoms in total. The summed E-state index contributed by atoms with van der Waals surface area (Å²) in [6, 6.07) is 17.2. The molecule has 0 bridgehead atoms. The number of hydrogen-bond donors (Lipinski definition) is 2. The third-order valence-corrected chi connectivity index (χ3v) is 4.74. The highest BCUT2D eigenvalue weighted by molar-refractivity contribution is 7.92. The average Bonchev–Trinajstić information content (AvgIpc) is 3.07. The second kappa shape index (κ2) is 6.97. The van der Waals surface area contributed by atoms with E-state index in [9.17, 15) is 4.21 Å². The van der Waals surface area contributed by atoms with Crippen molar-refractivity contribution in [1.82, 2.24) is 14.5 Å². The van der Waals surface area contributed by atoms with Gasteiger partial charge in [0.05, 0.1) is 22.6 Å². The Balaban J connectivity index is 1.65. The summed E-state index contributed by atoms with van der Waals surface area (Å²) < 4.78 is 18.0. The van der Waals surface area contributed by atoms with Crippen LogP contribution in [0.1, 0.15) is 0 Å². The molecule has 0 aliphatic carbocycles. The molecule has 142 valence electrons. The fourth-order valence-electron chi connectivity index (χ4n) is 2.92. The highest BCUT2D eigenvalue weighted by Gasteiger charge is 2.08. The minimum absolute atomic E-state index is 0.432. The number of nitrogen functional groups attached to an aromatic ring is 1. The normalized spacial score (nSPS) is 11.5. The zero-order chi connectivity index (χ0) is 19.7. The summed E-state index contributed by atoms with van der Waals surface area (Å²) in [7, 11) is -2.24. The largest absolute Gasteiger partial charge is 0.397 e. The second-order valence-corrected chi connectivity index (χ2v) is 9.20. The molecule has 0 saturated carbocycles. The first kappa shape index (κ1) is 18.0. The van der Waals surface area contributed by atoms with Crippen LogP contribution in [0.15, 0.2) is 71.4 Å². The summed E-state index contributed by atoms with van der Waals surface area (Å²) in [5.74, 6) is 1.18. The van der Waals surface area contributed by atoms with Gasteiger partial charge in [0.15, 0.2) is 0 Å². The molecule has 4 aromatic rings. The number of nitrogens with one attached hydrogen (secondary N) is 1. The molecule has 0 fully saturated rings. The first-order valence-electron chi connectivity index (χ1n) is 8.62. The van der Waals surface area contributed by atoms with Crippen LogP contribution in [0.25, 0.3) is 16.7 Å². The third-order valence-electron chi connectivity index (χ3n) is 4.09. The Labute approximate surface area is 163 Å². The minimum atomic E-state index is -2.24. The molecule has 4 rings (SSSR count). The van der Waals surface area contributed by atoms with Crippen molar-refractivity contribution in [3.05, 3.63) is 67.0 Å². The van der Waals surface area contributed by atoms with E-state index in [0.717, 1.165) is 16.7 Å². The number of hydrogen-bond acceptors (Lipinski definition) is 6. The SMILES string of the molecule is CS(C)(=O)=Nc1ccc(Nc2nccc(-n3ccc4ccccc43)n2)c(N)c1. The lowest BCUT2D eigenvalue weighted by Gasteiger charge is -2.10. The van der Waals surface area contributed by atoms with E-state index in [1.165, 1.54) is 0 Å². The predicted octanol–water partition coefficient (Wildman–Crippen LogP) is 4.11. The van der Waals surface area contributed by atoms with Crippen LogP contribution in [0.4, 0.5) is 23.0 Å². The Hall–Kier alpha value is -3.39. The van der Waals surface area contributed by atoms with Gasteiger partial charge in [-0.15, -0.1) is 0 Å². The molecule has 0 amide bonds. The summed E-state index contributed by atoms with van der Waals surface area (Å²) in [6.07, 6.45) is 6.84. The summed E-state index contributed by atoms with van der Waals surface area (Å²) in [5, 5.41) is 4.28. The maximum Gasteiger partial charge on any atom is 0.229 e. The topological polar surface area (TPSA) is 98.2 Å². The van der Waals surface area contributed by atoms with E-state index in [1.54, 1.807) is 36.9 Å². The second-order valence-electron chi connectivity index (χ2n) is 6.65. The van der Waals surface area contributed by atoms with Crippen LogP contribution in [-0.4, -0.2) is 31.3 Å². The zero-order valence-corrected chi connectivity index (χ0v) is 16.4. The molecule has 0 aliphatic rings. The smallest absolute Gasteiger partial charge is 0.229 e. The van der Waals surface area contributed by atoms with E-state index in [4.69, 9.17) is 5.73 Å². The number of anilines is 3. The van der Waals surface area contributed by atoms with Crippen molar-refractivity contribution in [3.8, 4) is 5.82 Å². The number of fused-ring (bicyclic) bond motifs is 1. The number of benzene rings is 2. The van der Waals surface area contributed by atoms with Gasteiger partial charge in [0.1, 0.15) is 5.82 Å². The summed E-state index contributed by atoms with van der Waals surface area (Å²) in [6.45, 7) is 0. The fourth-order valence-corrected chi connectivity index (χ4v) is 3.54. The van der Waals surface area contributed by atoms with Gasteiger partial charge in [-0.2, -0.15) is 9.35 Å². The van der Waals surface area contributed by atoms with Crippen LogP contribution in [0.5, 0.6) is 0 Å². The van der Waals surface area contributed by atoms with Gasteiger partial charge in [-0.1, -0.05) is 18.2 Å². The Morgan fingerprint density at radius 3 is 2.71 bits per heavy atom. The van der Waals surface area contributed by atoms with Crippen LogP contribution in [0.3, 0.4) is 0 Å². The molecular formula is C20H20N6OS. The van der Waals surface area contributed by atoms with Gasteiger partial charge in [-0.3, -0.25) is 0 Å². The van der Waals surface area contributed by atoms with Crippen LogP contribution >= 0.6 is 0 Å². The lowest BCUT2D eigenvalue weighted by atomic mass is 10.2. The van der Waals surface area contributed by atoms with Gasteiger partial charge >= 0.3 is 0 Å². The predicted molar refractivity (Wildman–Crippen MR) is 115 cm³/mol. The quantitative estimate of drug-likeness (QED) is 0.509. The average molecular weight is 392 g/mol. The Kier molecular flexibility index (Phi) is 4.48. The van der Waals surface area contributed by atoms with Crippen molar-refractivity contribution < 1.29 is 4.21 Å². The van der Waals surface area contributed by atoms with Gasteiger partial charge < -0.3 is 15.6 Å². The monoisotopic (exact) mass is 392 g/mol. The minimum Gasteiger partial charge on any atom is -0.397 e. The highest BCUT2D eigenvalue weighted by Crippen LogP contribution is 2.27. The van der Waals surface area contributed by atoms with Gasteiger partial charge in [0.2, 0.25) is 5.95 Å². The third kappa shape index (κ3) is 3.81. The van der Waals surface area contributed by atoms with Crippen LogP contribution in [0.2, 0.25) is 0 Å². The first-order chi connectivity index (χ1) is 13.4. The molecule has 0 saturated heterocycles. The Morgan fingerprint density at radius 1 is 1.11 bits per heavy atom. The molecule has 28 heavy (non-hydrogen) atoms. The molecule has 2 aromatic heterocycles. The summed E-state index contributed by atoms with van der Waals surface area (Å²) >= 11 is 0. The summed E-state index contributed by atoms with van der Waals surface area (Å²) in [5.41, 5.74) is 8.90. The van der Waals surface area contributed by atoms with Crippen molar-refractivity contribution in [3.63, 3.8) is 0 Å². The van der Waals surface area contributed by atoms with E-state index < -0.39 is 9.73 Å². The van der Waals surface area contributed by atoms with Crippen molar-refractivity contribution in [2.45, 2.75) is 0 Å². The molecule has 8 heteroatoms. The number of nitrogens with two attached hydrogens (primary N) is 1. The van der Waals surface area contributed by atoms with E-state index in [0.29, 0.717) is 23.0 Å². The van der Waals surface area contributed by atoms with E-state index in [-0.39, 0.29) is 0 Å². The van der Waals surface area contributed by atoms with Crippen molar-refractivity contribution >= 4 is 43.6 Å². The van der Waals surface area contributed by atoms with E-state index in [2.05, 4.69) is 25.7 Å². The molecule has 0 atom stereocenters. The molecule has 0 radical (unpaired) electrons. The van der Waals surface area contributed by atoms with Gasteiger partial charge in [-0.05, 0) is 41.8 Å². The molecule has 0 spiro atoms. The number of rotatable bonds is 4. The Bertz CT molecular complexity index is 1280. The Morgan fingerprint density at radius 2 is 1.93 bits per heavy atom. The van der Waals surface area contributed by atoms with Gasteiger partial charge in [0.25, 0.3) is 0 Å².